The Morgan fingerprint density at radius 3 is 2.47 bits per heavy atom. The summed E-state index contributed by atoms with van der Waals surface area (Å²) in [4.78, 5) is 51.5. The summed E-state index contributed by atoms with van der Waals surface area (Å²) in [5.74, 6) is -0.822. The van der Waals surface area contributed by atoms with Gasteiger partial charge in [0, 0.05) is 0 Å². The predicted molar refractivity (Wildman–Crippen MR) is 63.6 cm³/mol. The highest BCUT2D eigenvalue weighted by Gasteiger charge is 2.16. The lowest BCUT2D eigenvalue weighted by Crippen LogP contribution is -2.35. The Kier molecular flexibility index (Phi) is 5.85. The molecular weight excluding hydrogens is 273 g/mol. The summed E-state index contributed by atoms with van der Waals surface area (Å²) >= 11 is 0. The van der Waals surface area contributed by atoms with Gasteiger partial charge in [0.15, 0.2) is 5.78 Å². The van der Waals surface area contributed by atoms with E-state index in [0.29, 0.717) is 0 Å². The number of carbonyl (C=O) groups excluding carboxylic acids is 2. The third kappa shape index (κ3) is 7.48. The van der Waals surface area contributed by atoms with Crippen molar-refractivity contribution in [1.82, 2.24) is 5.32 Å². The molecule has 1 rings (SSSR count). The number of hydrogen-bond acceptors (Lipinski definition) is 6. The van der Waals surface area contributed by atoms with E-state index in [0.717, 1.165) is 5.56 Å². The Balaban J connectivity index is 2.23. The molecule has 19 heavy (non-hydrogen) atoms. The molecule has 0 unspecified atom stereocenters. The number of ketones is 1. The Labute approximate surface area is 110 Å². The number of hydrogen-bond donors (Lipinski definition) is 2. The van der Waals surface area contributed by atoms with Crippen LogP contribution >= 0.6 is 7.94 Å². The molecule has 0 aliphatic carbocycles. The summed E-state index contributed by atoms with van der Waals surface area (Å²) in [5.41, 5.74) is 0.781. The van der Waals surface area contributed by atoms with E-state index in [1.165, 1.54) is 0 Å². The van der Waals surface area contributed by atoms with Gasteiger partial charge in [0.1, 0.15) is 12.8 Å². The molecule has 0 spiro atoms. The second-order valence-electron chi connectivity index (χ2n) is 3.75. The van der Waals surface area contributed by atoms with Crippen molar-refractivity contribution in [2.24, 2.45) is 0 Å². The van der Waals surface area contributed by atoms with Crippen LogP contribution in [0.2, 0.25) is 0 Å². The zero-order valence-corrected chi connectivity index (χ0v) is 10.8. The zero-order chi connectivity index (χ0) is 14.3. The maximum absolute atomic E-state index is 11.2. The first-order chi connectivity index (χ1) is 8.87. The standard InChI is InChI=1S/C11H14NO6P/c13-10(8-19(15,16)17)6-12-11(14)18-7-9-4-2-1-3-5-9/h1-5H,6-8H2,(H,12,14)(H2,15,16,17)/p-1. The molecular formula is C11H13NO6P-. The molecule has 7 nitrogen and oxygen atoms in total. The van der Waals surface area contributed by atoms with E-state index in [1.54, 1.807) is 24.3 Å². The minimum atomic E-state index is -4.64. The van der Waals surface area contributed by atoms with Crippen LogP contribution in [0.1, 0.15) is 5.56 Å². The number of carbonyl (C=O) groups is 2. The average molecular weight is 286 g/mol. The average Bonchev–Trinajstić information content (AvgIpc) is 2.33. The normalized spacial score (nSPS) is 10.9. The van der Waals surface area contributed by atoms with Gasteiger partial charge in [-0.15, -0.1) is 0 Å². The van der Waals surface area contributed by atoms with E-state index >= 15 is 0 Å². The van der Waals surface area contributed by atoms with E-state index in [2.05, 4.69) is 5.32 Å². The lowest BCUT2D eigenvalue weighted by atomic mass is 10.2. The van der Waals surface area contributed by atoms with Gasteiger partial charge in [0.2, 0.25) is 0 Å². The van der Waals surface area contributed by atoms with Crippen molar-refractivity contribution in [2.45, 2.75) is 6.61 Å². The maximum atomic E-state index is 11.2. The summed E-state index contributed by atoms with van der Waals surface area (Å²) in [6, 6.07) is 8.91. The van der Waals surface area contributed by atoms with Crippen molar-refractivity contribution < 1.29 is 29.0 Å². The molecule has 1 aromatic carbocycles. The number of rotatable bonds is 6. The minimum absolute atomic E-state index is 0.0426. The third-order valence-electron chi connectivity index (χ3n) is 2.02. The van der Waals surface area contributed by atoms with Gasteiger partial charge in [0.25, 0.3) is 0 Å². The third-order valence-corrected chi connectivity index (χ3v) is 2.77. The summed E-state index contributed by atoms with van der Waals surface area (Å²) in [6.07, 6.45) is -1.85. The first kappa shape index (κ1) is 15.5. The fraction of sp³-hybridized carbons (Fsp3) is 0.273. The monoisotopic (exact) mass is 286 g/mol. The molecule has 0 saturated heterocycles. The van der Waals surface area contributed by atoms with Crippen molar-refractivity contribution in [3.63, 3.8) is 0 Å². The summed E-state index contributed by atoms with van der Waals surface area (Å²) in [5, 5.41) is 2.09. The smallest absolute Gasteiger partial charge is 0.407 e. The SMILES string of the molecule is O=C(CNC(=O)OCc1ccccc1)C[P+]([O-])([O-])O. The summed E-state index contributed by atoms with van der Waals surface area (Å²) in [6.45, 7) is -0.471. The van der Waals surface area contributed by atoms with Gasteiger partial charge in [0.05, 0.1) is 14.5 Å². The van der Waals surface area contributed by atoms with Crippen LogP contribution < -0.4 is 15.1 Å². The minimum Gasteiger partial charge on any atom is -0.659 e. The molecule has 0 bridgehead atoms. The molecule has 0 atom stereocenters. The number of amides is 1. The lowest BCUT2D eigenvalue weighted by molar-refractivity contribution is -0.330. The highest BCUT2D eigenvalue weighted by molar-refractivity contribution is 7.56. The molecule has 0 aliphatic rings. The molecule has 0 radical (unpaired) electrons. The fourth-order valence-electron chi connectivity index (χ4n) is 1.22. The molecule has 0 aromatic heterocycles. The molecule has 104 valence electrons. The number of benzene rings is 1. The summed E-state index contributed by atoms with van der Waals surface area (Å²) < 4.78 is 4.80. The molecule has 0 heterocycles. The van der Waals surface area contributed by atoms with Gasteiger partial charge in [-0.2, -0.15) is 0 Å². The van der Waals surface area contributed by atoms with Crippen LogP contribution in [-0.2, 0) is 16.1 Å². The van der Waals surface area contributed by atoms with Crippen LogP contribution in [0.15, 0.2) is 30.3 Å². The molecule has 0 saturated carbocycles. The Bertz CT molecular complexity index is 431. The topological polar surface area (TPSA) is 122 Å². The number of nitrogens with one attached hydrogen (secondary N) is 1. The van der Waals surface area contributed by atoms with Gasteiger partial charge >= 0.3 is 6.09 Å². The van der Waals surface area contributed by atoms with Crippen LogP contribution in [0, 0.1) is 0 Å². The van der Waals surface area contributed by atoms with Gasteiger partial charge in [-0.1, -0.05) is 30.3 Å². The van der Waals surface area contributed by atoms with E-state index < -0.39 is 32.5 Å². The molecule has 8 heteroatoms. The predicted octanol–water partition coefficient (Wildman–Crippen LogP) is -1.04. The number of Topliss-reactive ketones (excluding diaryl/α,β-unsaturated/α-hetero) is 1. The summed E-state index contributed by atoms with van der Waals surface area (Å²) in [7, 11) is -4.64. The van der Waals surface area contributed by atoms with Crippen molar-refractivity contribution in [2.75, 3.05) is 12.7 Å². The second-order valence-corrected chi connectivity index (χ2v) is 5.34. The number of ether oxygens (including phenoxy) is 1. The van der Waals surface area contributed by atoms with E-state index in [9.17, 15) is 19.4 Å². The Hall–Kier alpha value is -1.53. The first-order valence-corrected chi connectivity index (χ1v) is 7.12. The van der Waals surface area contributed by atoms with Crippen LogP contribution in [0.25, 0.3) is 0 Å². The Morgan fingerprint density at radius 1 is 1.26 bits per heavy atom. The van der Waals surface area contributed by atoms with Gasteiger partial charge in [-0.3, -0.25) is 9.69 Å². The zero-order valence-electron chi connectivity index (χ0n) is 9.94. The lowest BCUT2D eigenvalue weighted by Gasteiger charge is -2.26. The molecule has 0 aliphatic heterocycles. The van der Waals surface area contributed by atoms with Crippen molar-refractivity contribution in [3.8, 4) is 0 Å². The van der Waals surface area contributed by atoms with E-state index in [-0.39, 0.29) is 6.61 Å². The maximum Gasteiger partial charge on any atom is 0.407 e. The van der Waals surface area contributed by atoms with Crippen molar-refractivity contribution in [3.05, 3.63) is 35.9 Å². The van der Waals surface area contributed by atoms with E-state index in [4.69, 9.17) is 9.63 Å². The molecule has 0 fully saturated rings. The van der Waals surface area contributed by atoms with E-state index in [1.807, 2.05) is 6.07 Å². The van der Waals surface area contributed by atoms with Crippen LogP contribution in [0.5, 0.6) is 0 Å². The largest absolute Gasteiger partial charge is 0.659 e. The van der Waals surface area contributed by atoms with Crippen LogP contribution in [-0.4, -0.2) is 29.5 Å². The highest BCUT2D eigenvalue weighted by atomic mass is 31.2. The van der Waals surface area contributed by atoms with Gasteiger partial charge in [-0.05, 0) is 5.56 Å². The first-order valence-electron chi connectivity index (χ1n) is 5.36. The molecule has 2 N–H and O–H groups in total. The van der Waals surface area contributed by atoms with Crippen molar-refractivity contribution in [1.29, 1.82) is 0 Å². The molecule has 1 aromatic rings. The van der Waals surface area contributed by atoms with Crippen LogP contribution in [0.4, 0.5) is 4.79 Å². The Morgan fingerprint density at radius 2 is 1.89 bits per heavy atom. The second kappa shape index (κ2) is 7.16. The quantitative estimate of drug-likeness (QED) is 0.644. The van der Waals surface area contributed by atoms with Crippen molar-refractivity contribution >= 4 is 19.8 Å². The highest BCUT2D eigenvalue weighted by Crippen LogP contribution is 2.32. The number of alkyl carbamates (subject to hydrolysis) is 1. The van der Waals surface area contributed by atoms with Gasteiger partial charge in [-0.25, -0.2) is 4.79 Å². The molecule has 1 amide bonds. The fourth-order valence-corrected chi connectivity index (χ4v) is 1.78. The van der Waals surface area contributed by atoms with Crippen LogP contribution in [0.3, 0.4) is 0 Å². The van der Waals surface area contributed by atoms with Gasteiger partial charge < -0.3 is 19.8 Å².